The number of benzene rings is 2. The van der Waals surface area contributed by atoms with Crippen LogP contribution in [0.15, 0.2) is 85.7 Å². The first-order chi connectivity index (χ1) is 16.8. The Morgan fingerprint density at radius 3 is 2.50 bits per heavy atom. The summed E-state index contributed by atoms with van der Waals surface area (Å²) in [5, 5.41) is 18.6. The number of halogens is 1. The fourth-order valence-corrected chi connectivity index (χ4v) is 3.47. The number of azo groups is 1. The third-order valence-corrected chi connectivity index (χ3v) is 5.24. The van der Waals surface area contributed by atoms with E-state index in [2.05, 4.69) is 15.2 Å². The number of ether oxygens (including phenoxy) is 1. The van der Waals surface area contributed by atoms with Gasteiger partial charge in [0.25, 0.3) is 0 Å². The van der Waals surface area contributed by atoms with E-state index in [-0.39, 0.29) is 34.8 Å². The lowest BCUT2D eigenvalue weighted by Crippen LogP contribution is -2.04. The fraction of sp³-hybridized carbons (Fsp3) is 0.154. The minimum atomic E-state index is -0.232. The fourth-order valence-electron chi connectivity index (χ4n) is 3.47. The number of phenolic OH excluding ortho intramolecular Hbond substituents is 1. The molecule has 0 bridgehead atoms. The lowest BCUT2D eigenvalue weighted by atomic mass is 10.0. The molecule has 5 N–H and O–H groups in total. The van der Waals surface area contributed by atoms with Crippen LogP contribution in [0.2, 0.25) is 0 Å². The van der Waals surface area contributed by atoms with Crippen molar-refractivity contribution in [2.24, 2.45) is 10.2 Å². The largest absolute Gasteiger partial charge is 0.507 e. The van der Waals surface area contributed by atoms with E-state index in [9.17, 15) is 9.90 Å². The van der Waals surface area contributed by atoms with Crippen molar-refractivity contribution in [3.8, 4) is 11.5 Å². The molecule has 1 aliphatic heterocycles. The summed E-state index contributed by atoms with van der Waals surface area (Å²) < 4.78 is 11.1. The van der Waals surface area contributed by atoms with E-state index in [0.29, 0.717) is 47.2 Å². The molecule has 0 atom stereocenters. The normalized spacial score (nSPS) is 12.4. The van der Waals surface area contributed by atoms with Gasteiger partial charge >= 0.3 is 0 Å². The number of fused-ring (bicyclic) bond motifs is 2. The summed E-state index contributed by atoms with van der Waals surface area (Å²) in [4.78, 5) is 15.9. The van der Waals surface area contributed by atoms with E-state index in [4.69, 9.17) is 20.6 Å². The Bertz CT molecular complexity index is 1500. The molecule has 2 aromatic heterocycles. The molecule has 186 valence electrons. The molecule has 0 saturated heterocycles. The summed E-state index contributed by atoms with van der Waals surface area (Å²) in [5.41, 5.74) is 14.2. The molecule has 2 aromatic carbocycles. The maximum atomic E-state index is 12.0. The molecule has 36 heavy (non-hydrogen) atoms. The average molecular weight is 508 g/mol. The molecule has 0 aliphatic carbocycles. The van der Waals surface area contributed by atoms with Crippen LogP contribution in [-0.2, 0) is 6.42 Å². The number of anilines is 2. The number of aromatic nitrogens is 1. The van der Waals surface area contributed by atoms with Crippen LogP contribution in [0.25, 0.3) is 11.0 Å². The number of pyridine rings is 1. The minimum absolute atomic E-state index is 0. The van der Waals surface area contributed by atoms with Crippen molar-refractivity contribution in [3.05, 3.63) is 87.8 Å². The Hall–Kier alpha value is -4.37. The van der Waals surface area contributed by atoms with Gasteiger partial charge in [-0.1, -0.05) is 24.3 Å². The van der Waals surface area contributed by atoms with Crippen LogP contribution in [0.5, 0.6) is 11.5 Å². The lowest BCUT2D eigenvalue weighted by Gasteiger charge is -2.11. The minimum Gasteiger partial charge on any atom is -0.507 e. The summed E-state index contributed by atoms with van der Waals surface area (Å²) >= 11 is 0. The van der Waals surface area contributed by atoms with E-state index in [1.54, 1.807) is 25.1 Å². The predicted molar refractivity (Wildman–Crippen MR) is 143 cm³/mol. The smallest absolute Gasteiger partial charge is 0.196 e. The highest BCUT2D eigenvalue weighted by Crippen LogP contribution is 2.37. The number of nitrogens with two attached hydrogens (primary N) is 2. The summed E-state index contributed by atoms with van der Waals surface area (Å²) in [6, 6.07) is 15.8. The van der Waals surface area contributed by atoms with Crippen LogP contribution in [0.4, 0.5) is 23.0 Å². The van der Waals surface area contributed by atoms with E-state index >= 15 is 0 Å². The number of hydrogen-bond donors (Lipinski definition) is 3. The van der Waals surface area contributed by atoms with Gasteiger partial charge in [0, 0.05) is 17.7 Å². The second-order valence-corrected chi connectivity index (χ2v) is 8.02. The molecule has 0 fully saturated rings. The van der Waals surface area contributed by atoms with Crippen LogP contribution in [0.1, 0.15) is 18.2 Å². The summed E-state index contributed by atoms with van der Waals surface area (Å²) in [6.07, 6.45) is 2.55. The van der Waals surface area contributed by atoms with Crippen LogP contribution in [-0.4, -0.2) is 16.7 Å². The molecule has 0 radical (unpaired) electrons. The van der Waals surface area contributed by atoms with E-state index < -0.39 is 0 Å². The van der Waals surface area contributed by atoms with Gasteiger partial charge in [-0.3, -0.25) is 4.79 Å². The second-order valence-electron chi connectivity index (χ2n) is 8.02. The number of phenols is 1. The summed E-state index contributed by atoms with van der Waals surface area (Å²) in [6.45, 7) is 4.15. The molecule has 4 aromatic rings. The zero-order valence-corrected chi connectivity index (χ0v) is 20.6. The third kappa shape index (κ3) is 6.00. The maximum Gasteiger partial charge on any atom is 0.196 e. The average Bonchev–Trinajstić information content (AvgIpc) is 3.01. The van der Waals surface area contributed by atoms with Crippen molar-refractivity contribution in [3.63, 3.8) is 0 Å². The highest BCUT2D eigenvalue weighted by molar-refractivity contribution is 5.87. The van der Waals surface area contributed by atoms with Gasteiger partial charge in [-0.25, -0.2) is 4.98 Å². The molecule has 0 amide bonds. The summed E-state index contributed by atoms with van der Waals surface area (Å²) in [5.74, 6) is 1.70. The molecule has 10 heteroatoms. The quantitative estimate of drug-likeness (QED) is 0.230. The Morgan fingerprint density at radius 2 is 1.78 bits per heavy atom. The highest BCUT2D eigenvalue weighted by Gasteiger charge is 2.19. The molecule has 0 unspecified atom stereocenters. The number of nitrogen functional groups attached to an aromatic ring is 2. The number of rotatable bonds is 2. The highest BCUT2D eigenvalue weighted by atomic mass is 35.5. The number of aryl methyl sites for hydroxylation is 1. The van der Waals surface area contributed by atoms with E-state index in [1.807, 2.05) is 43.3 Å². The van der Waals surface area contributed by atoms with Gasteiger partial charge < -0.3 is 25.7 Å². The molecular formula is C26H26ClN5O4. The Balaban J connectivity index is 0.000000198. The van der Waals surface area contributed by atoms with Gasteiger partial charge in [0.2, 0.25) is 0 Å². The first-order valence-corrected chi connectivity index (χ1v) is 10.9. The molecule has 9 nitrogen and oxygen atoms in total. The van der Waals surface area contributed by atoms with Crippen molar-refractivity contribution < 1.29 is 14.3 Å². The van der Waals surface area contributed by atoms with E-state index in [1.165, 1.54) is 6.07 Å². The van der Waals surface area contributed by atoms with Gasteiger partial charge in [0.1, 0.15) is 46.3 Å². The number of aromatic hydroxyl groups is 1. The number of nitrogens with zero attached hydrogens (tertiary/aromatic N) is 3. The third-order valence-electron chi connectivity index (χ3n) is 5.24. The standard InChI is InChI=1S/C15H14O4.C11H11N5.ClH/c1-8-3-4-10-12(18-7-8)6-13-14(15(10)17)11(16)5-9(2)19-13;12-10-7-6-9(11(13)14-10)16-15-8-4-2-1-3-5-8;/h3,5-6,17H,4,7H2,1-2H3;1-7H,(H4,12,13,14);1H. The first-order valence-electron chi connectivity index (χ1n) is 10.9. The molecular weight excluding hydrogens is 482 g/mol. The summed E-state index contributed by atoms with van der Waals surface area (Å²) in [7, 11) is 0. The first kappa shape index (κ1) is 26.2. The SMILES string of the molecule is CC1=CCc2c(cc3oc(C)cc(=O)c3c2O)OC1.Cl.Nc1ccc(N=Nc2ccccc2)c(N)n1. The zero-order valence-electron chi connectivity index (χ0n) is 19.8. The maximum absolute atomic E-state index is 12.0. The monoisotopic (exact) mass is 507 g/mol. The van der Waals surface area contributed by atoms with Crippen molar-refractivity contribution in [2.45, 2.75) is 20.3 Å². The van der Waals surface area contributed by atoms with Crippen molar-refractivity contribution >= 4 is 46.4 Å². The van der Waals surface area contributed by atoms with Crippen LogP contribution in [0, 0.1) is 6.92 Å². The molecule has 0 spiro atoms. The number of allylic oxidation sites excluding steroid dienone is 1. The molecule has 5 rings (SSSR count). The van der Waals surface area contributed by atoms with Crippen molar-refractivity contribution in [1.29, 1.82) is 0 Å². The Morgan fingerprint density at radius 1 is 1.03 bits per heavy atom. The van der Waals surface area contributed by atoms with Crippen molar-refractivity contribution in [1.82, 2.24) is 4.98 Å². The molecule has 1 aliphatic rings. The van der Waals surface area contributed by atoms with Gasteiger partial charge in [-0.15, -0.1) is 17.5 Å². The van der Waals surface area contributed by atoms with Crippen molar-refractivity contribution in [2.75, 3.05) is 18.1 Å². The molecule has 3 heterocycles. The van der Waals surface area contributed by atoms with E-state index in [0.717, 1.165) is 11.3 Å². The zero-order chi connectivity index (χ0) is 24.9. The van der Waals surface area contributed by atoms with Gasteiger partial charge in [-0.05, 0) is 50.1 Å². The molecule has 0 saturated carbocycles. The van der Waals surface area contributed by atoms with Crippen LogP contribution < -0.4 is 21.6 Å². The Kier molecular flexibility index (Phi) is 8.29. The van der Waals surface area contributed by atoms with Crippen LogP contribution >= 0.6 is 12.4 Å². The van der Waals surface area contributed by atoms with Crippen LogP contribution in [0.3, 0.4) is 0 Å². The number of hydrogen-bond acceptors (Lipinski definition) is 9. The predicted octanol–water partition coefficient (Wildman–Crippen LogP) is 5.77. The van der Waals surface area contributed by atoms with Gasteiger partial charge in [0.05, 0.1) is 5.69 Å². The van der Waals surface area contributed by atoms with Gasteiger partial charge in [-0.2, -0.15) is 5.11 Å². The Labute approximate surface area is 213 Å². The lowest BCUT2D eigenvalue weighted by molar-refractivity contribution is 0.349. The van der Waals surface area contributed by atoms with Gasteiger partial charge in [0.15, 0.2) is 11.2 Å². The topological polar surface area (TPSA) is 149 Å². The second kappa shape index (κ2) is 11.4.